The molecule has 26 heavy (non-hydrogen) atoms. The maximum absolute atomic E-state index is 12.5. The summed E-state index contributed by atoms with van der Waals surface area (Å²) < 4.78 is 27.7. The Balaban J connectivity index is 1.84. The van der Waals surface area contributed by atoms with Gasteiger partial charge < -0.3 is 0 Å². The van der Waals surface area contributed by atoms with Gasteiger partial charge in [0.05, 0.1) is 4.90 Å². The van der Waals surface area contributed by atoms with Gasteiger partial charge in [0.2, 0.25) is 0 Å². The van der Waals surface area contributed by atoms with Gasteiger partial charge in [0.15, 0.2) is 0 Å². The summed E-state index contributed by atoms with van der Waals surface area (Å²) in [5.41, 5.74) is 3.65. The van der Waals surface area contributed by atoms with Crippen molar-refractivity contribution in [2.75, 3.05) is 4.72 Å². The molecule has 0 heterocycles. The Hall–Kier alpha value is -2.59. The van der Waals surface area contributed by atoms with Crippen molar-refractivity contribution in [1.29, 1.82) is 0 Å². The molecule has 0 fully saturated rings. The molecule has 0 aromatic heterocycles. The maximum Gasteiger partial charge on any atom is 0.261 e. The number of nitrogens with one attached hydrogen (secondary N) is 1. The van der Waals surface area contributed by atoms with E-state index in [-0.39, 0.29) is 10.3 Å². The van der Waals surface area contributed by atoms with Gasteiger partial charge in [-0.2, -0.15) is 0 Å². The van der Waals surface area contributed by atoms with Gasteiger partial charge >= 0.3 is 0 Å². The SMILES string of the molecule is Cc1cccc(S(=O)(=O)Nc2ccc(C(C)(C)c3ccccc3)cc2)c1. The van der Waals surface area contributed by atoms with Gasteiger partial charge in [-0.3, -0.25) is 4.72 Å². The first-order valence-electron chi connectivity index (χ1n) is 8.54. The molecule has 4 heteroatoms. The zero-order valence-electron chi connectivity index (χ0n) is 15.2. The van der Waals surface area contributed by atoms with E-state index in [2.05, 4.69) is 30.7 Å². The molecule has 0 unspecified atom stereocenters. The van der Waals surface area contributed by atoms with E-state index >= 15 is 0 Å². The third-order valence-electron chi connectivity index (χ3n) is 4.65. The van der Waals surface area contributed by atoms with Crippen LogP contribution in [0.3, 0.4) is 0 Å². The molecule has 3 aromatic carbocycles. The largest absolute Gasteiger partial charge is 0.280 e. The molecule has 0 aliphatic carbocycles. The molecule has 0 saturated carbocycles. The first kappa shape index (κ1) is 18.2. The van der Waals surface area contributed by atoms with Gasteiger partial charge in [-0.1, -0.05) is 68.4 Å². The van der Waals surface area contributed by atoms with Crippen LogP contribution >= 0.6 is 0 Å². The van der Waals surface area contributed by atoms with E-state index < -0.39 is 10.0 Å². The third-order valence-corrected chi connectivity index (χ3v) is 6.03. The van der Waals surface area contributed by atoms with E-state index in [1.165, 1.54) is 5.56 Å². The number of hydrogen-bond donors (Lipinski definition) is 1. The minimum absolute atomic E-state index is 0.158. The fraction of sp³-hybridized carbons (Fsp3) is 0.182. The zero-order valence-corrected chi connectivity index (χ0v) is 16.0. The summed E-state index contributed by atoms with van der Waals surface area (Å²) in [7, 11) is -3.59. The van der Waals surface area contributed by atoms with Crippen LogP contribution in [0.25, 0.3) is 0 Å². The Bertz CT molecular complexity index is 992. The number of rotatable bonds is 5. The molecule has 0 amide bonds. The summed E-state index contributed by atoms with van der Waals surface area (Å²) in [4.78, 5) is 0.270. The number of hydrogen-bond acceptors (Lipinski definition) is 2. The van der Waals surface area contributed by atoms with Gasteiger partial charge in [-0.25, -0.2) is 8.42 Å². The lowest BCUT2D eigenvalue weighted by Gasteiger charge is -2.26. The standard InChI is InChI=1S/C22H23NO2S/c1-17-8-7-11-21(16-17)26(24,25)23-20-14-12-19(13-15-20)22(2,3)18-9-5-4-6-10-18/h4-16,23H,1-3H3. The summed E-state index contributed by atoms with van der Waals surface area (Å²) in [5.74, 6) is 0. The van der Waals surface area contributed by atoms with Crippen LogP contribution in [0.15, 0.2) is 83.8 Å². The van der Waals surface area contributed by atoms with E-state index in [1.54, 1.807) is 18.2 Å². The molecule has 0 atom stereocenters. The molecule has 134 valence electrons. The lowest BCUT2D eigenvalue weighted by molar-refractivity contribution is 0.601. The third kappa shape index (κ3) is 3.81. The maximum atomic E-state index is 12.5. The van der Waals surface area contributed by atoms with Crippen molar-refractivity contribution in [2.24, 2.45) is 0 Å². The molecule has 1 N–H and O–H groups in total. The molecule has 3 rings (SSSR count). The van der Waals surface area contributed by atoms with Crippen molar-refractivity contribution in [2.45, 2.75) is 31.1 Å². The predicted octanol–water partition coefficient (Wildman–Crippen LogP) is 5.12. The Labute approximate surface area is 155 Å². The van der Waals surface area contributed by atoms with Crippen molar-refractivity contribution in [3.63, 3.8) is 0 Å². The predicted molar refractivity (Wildman–Crippen MR) is 107 cm³/mol. The minimum atomic E-state index is -3.59. The Morgan fingerprint density at radius 1 is 0.769 bits per heavy atom. The average molecular weight is 365 g/mol. The lowest BCUT2D eigenvalue weighted by atomic mass is 9.78. The molecule has 0 saturated heterocycles. The van der Waals surface area contributed by atoms with Crippen LogP contribution in [0.2, 0.25) is 0 Å². The van der Waals surface area contributed by atoms with E-state index in [4.69, 9.17) is 0 Å². The smallest absolute Gasteiger partial charge is 0.261 e. The highest BCUT2D eigenvalue weighted by Crippen LogP contribution is 2.32. The van der Waals surface area contributed by atoms with E-state index in [9.17, 15) is 8.42 Å². The van der Waals surface area contributed by atoms with Crippen molar-refractivity contribution >= 4 is 15.7 Å². The second-order valence-electron chi connectivity index (χ2n) is 6.99. The number of sulfonamides is 1. The van der Waals surface area contributed by atoms with Crippen molar-refractivity contribution in [3.8, 4) is 0 Å². The lowest BCUT2D eigenvalue weighted by Crippen LogP contribution is -2.19. The van der Waals surface area contributed by atoms with Crippen LogP contribution in [0, 0.1) is 6.92 Å². The van der Waals surface area contributed by atoms with E-state index in [0.717, 1.165) is 11.1 Å². The molecule has 3 nitrogen and oxygen atoms in total. The number of aryl methyl sites for hydroxylation is 1. The quantitative estimate of drug-likeness (QED) is 0.682. The van der Waals surface area contributed by atoms with Crippen LogP contribution in [0.5, 0.6) is 0 Å². The van der Waals surface area contributed by atoms with E-state index in [0.29, 0.717) is 5.69 Å². The van der Waals surface area contributed by atoms with Crippen molar-refractivity contribution < 1.29 is 8.42 Å². The monoisotopic (exact) mass is 365 g/mol. The topological polar surface area (TPSA) is 46.2 Å². The molecule has 0 bridgehead atoms. The highest BCUT2D eigenvalue weighted by molar-refractivity contribution is 7.92. The molecule has 0 radical (unpaired) electrons. The Kier molecular flexibility index (Phi) is 4.88. The van der Waals surface area contributed by atoms with Crippen LogP contribution in [-0.2, 0) is 15.4 Å². The van der Waals surface area contributed by atoms with Crippen LogP contribution < -0.4 is 4.72 Å². The molecule has 3 aromatic rings. The fourth-order valence-corrected chi connectivity index (χ4v) is 4.14. The molecule has 0 spiro atoms. The highest BCUT2D eigenvalue weighted by atomic mass is 32.2. The summed E-state index contributed by atoms with van der Waals surface area (Å²) in [6, 6.07) is 24.7. The minimum Gasteiger partial charge on any atom is -0.280 e. The zero-order chi connectivity index (χ0) is 18.8. The Morgan fingerprint density at radius 3 is 2.00 bits per heavy atom. The first-order chi connectivity index (χ1) is 12.3. The van der Waals surface area contributed by atoms with Crippen molar-refractivity contribution in [1.82, 2.24) is 0 Å². The van der Waals surface area contributed by atoms with Crippen LogP contribution in [0.4, 0.5) is 5.69 Å². The summed E-state index contributed by atoms with van der Waals surface area (Å²) in [5, 5.41) is 0. The molecule has 0 aliphatic rings. The van der Waals surface area contributed by atoms with Gasteiger partial charge in [0.25, 0.3) is 10.0 Å². The van der Waals surface area contributed by atoms with Crippen LogP contribution in [-0.4, -0.2) is 8.42 Å². The van der Waals surface area contributed by atoms with Gasteiger partial charge in [-0.05, 0) is 47.9 Å². The van der Waals surface area contributed by atoms with E-state index in [1.807, 2.05) is 55.5 Å². The van der Waals surface area contributed by atoms with Crippen LogP contribution in [0.1, 0.15) is 30.5 Å². The summed E-state index contributed by atoms with van der Waals surface area (Å²) in [6.07, 6.45) is 0. The first-order valence-corrected chi connectivity index (χ1v) is 10.0. The fourth-order valence-electron chi connectivity index (χ4n) is 2.97. The normalized spacial score (nSPS) is 12.0. The Morgan fingerprint density at radius 2 is 1.38 bits per heavy atom. The molecule has 0 aliphatic heterocycles. The van der Waals surface area contributed by atoms with Gasteiger partial charge in [-0.15, -0.1) is 0 Å². The second kappa shape index (κ2) is 6.96. The van der Waals surface area contributed by atoms with Gasteiger partial charge in [0.1, 0.15) is 0 Å². The van der Waals surface area contributed by atoms with Gasteiger partial charge in [0, 0.05) is 11.1 Å². The highest BCUT2D eigenvalue weighted by Gasteiger charge is 2.23. The molecular weight excluding hydrogens is 342 g/mol. The number of anilines is 1. The summed E-state index contributed by atoms with van der Waals surface area (Å²) >= 11 is 0. The summed E-state index contributed by atoms with van der Waals surface area (Å²) in [6.45, 7) is 6.20. The second-order valence-corrected chi connectivity index (χ2v) is 8.67. The number of benzene rings is 3. The molecular formula is C22H23NO2S. The average Bonchev–Trinajstić information content (AvgIpc) is 2.63. The van der Waals surface area contributed by atoms with Crippen molar-refractivity contribution in [3.05, 3.63) is 95.6 Å².